The second kappa shape index (κ2) is 5.70. The van der Waals surface area contributed by atoms with Gasteiger partial charge in [-0.1, -0.05) is 0 Å². The van der Waals surface area contributed by atoms with Crippen molar-refractivity contribution in [3.8, 4) is 0 Å². The molecule has 0 aliphatic heterocycles. The smallest absolute Gasteiger partial charge is 0.335 e. The van der Waals surface area contributed by atoms with Gasteiger partial charge < -0.3 is 10.2 Å². The Morgan fingerprint density at radius 3 is 1.38 bits per heavy atom. The molecule has 0 amide bonds. The molecule has 0 saturated heterocycles. The highest BCUT2D eigenvalue weighted by Gasteiger charge is 2.13. The number of aryl methyl sites for hydroxylation is 2. The van der Waals surface area contributed by atoms with Gasteiger partial charge in [-0.05, 0) is 37.1 Å². The molecule has 0 unspecified atom stereocenters. The van der Waals surface area contributed by atoms with E-state index in [1.54, 1.807) is 13.8 Å². The second-order valence-corrected chi connectivity index (χ2v) is 3.09. The van der Waals surface area contributed by atoms with E-state index in [9.17, 15) is 9.59 Å². The molecule has 2 N–H and O–H groups in total. The third-order valence-corrected chi connectivity index (χ3v) is 2.03. The van der Waals surface area contributed by atoms with Crippen molar-refractivity contribution >= 4 is 11.9 Å². The summed E-state index contributed by atoms with van der Waals surface area (Å²) >= 11 is 0. The molecule has 86 valence electrons. The molecule has 0 saturated carbocycles. The first-order valence-electron chi connectivity index (χ1n) is 4.51. The van der Waals surface area contributed by atoms with E-state index in [0.29, 0.717) is 11.1 Å². The summed E-state index contributed by atoms with van der Waals surface area (Å²) in [5.74, 6) is -2.08. The highest BCUT2D eigenvalue weighted by atomic mass is 16.4. The van der Waals surface area contributed by atoms with E-state index < -0.39 is 11.9 Å². The molecule has 1 rings (SSSR count). The Morgan fingerprint density at radius 1 is 0.938 bits per heavy atom. The van der Waals surface area contributed by atoms with Crippen LogP contribution in [-0.4, -0.2) is 22.2 Å². The minimum atomic E-state index is -1.04. The van der Waals surface area contributed by atoms with E-state index >= 15 is 0 Å². The summed E-state index contributed by atoms with van der Waals surface area (Å²) in [6, 6.07) is 2.75. The SMILES string of the molecule is C=C.Cc1cc(C(=O)O)c(C)cc1C(=O)O. The number of aromatic carboxylic acids is 2. The van der Waals surface area contributed by atoms with Gasteiger partial charge in [0.05, 0.1) is 11.1 Å². The molecule has 0 fully saturated rings. The normalized spacial score (nSPS) is 8.88. The Labute approximate surface area is 93.8 Å². The van der Waals surface area contributed by atoms with Crippen LogP contribution in [0.25, 0.3) is 0 Å². The van der Waals surface area contributed by atoms with Gasteiger partial charge in [0.15, 0.2) is 0 Å². The first kappa shape index (κ1) is 13.9. The fraction of sp³-hybridized carbons (Fsp3) is 0.167. The molecule has 4 heteroatoms. The van der Waals surface area contributed by atoms with Gasteiger partial charge in [0, 0.05) is 0 Å². The van der Waals surface area contributed by atoms with E-state index in [2.05, 4.69) is 13.2 Å². The quantitative estimate of drug-likeness (QED) is 0.754. The summed E-state index contributed by atoms with van der Waals surface area (Å²) in [6.45, 7) is 9.16. The Bertz CT molecular complexity index is 382. The van der Waals surface area contributed by atoms with Gasteiger partial charge in [-0.2, -0.15) is 0 Å². The summed E-state index contributed by atoms with van der Waals surface area (Å²) in [6.07, 6.45) is 0. The van der Waals surface area contributed by atoms with E-state index in [1.165, 1.54) is 12.1 Å². The Morgan fingerprint density at radius 2 is 1.19 bits per heavy atom. The Balaban J connectivity index is 0.00000106. The molecular formula is C12H14O4. The number of hydrogen-bond donors (Lipinski definition) is 2. The maximum atomic E-state index is 10.7. The predicted molar refractivity (Wildman–Crippen MR) is 61.1 cm³/mol. The van der Waals surface area contributed by atoms with Crippen molar-refractivity contribution in [3.63, 3.8) is 0 Å². The molecule has 0 heterocycles. The van der Waals surface area contributed by atoms with Crippen molar-refractivity contribution in [1.82, 2.24) is 0 Å². The highest BCUT2D eigenvalue weighted by Crippen LogP contribution is 2.16. The number of benzene rings is 1. The van der Waals surface area contributed by atoms with Gasteiger partial charge in [0.1, 0.15) is 0 Å². The van der Waals surface area contributed by atoms with Gasteiger partial charge in [0.25, 0.3) is 0 Å². The van der Waals surface area contributed by atoms with Crippen LogP contribution in [0.2, 0.25) is 0 Å². The summed E-state index contributed by atoms with van der Waals surface area (Å²) in [5.41, 5.74) is 1.21. The first-order valence-corrected chi connectivity index (χ1v) is 4.51. The molecule has 0 radical (unpaired) electrons. The second-order valence-electron chi connectivity index (χ2n) is 3.09. The number of carboxylic acids is 2. The Kier molecular flexibility index (Phi) is 4.95. The number of hydrogen-bond acceptors (Lipinski definition) is 2. The number of carboxylic acid groups (broad SMARTS) is 2. The van der Waals surface area contributed by atoms with Crippen molar-refractivity contribution in [2.75, 3.05) is 0 Å². The van der Waals surface area contributed by atoms with Crippen molar-refractivity contribution in [2.45, 2.75) is 13.8 Å². The zero-order chi connectivity index (χ0) is 12.9. The van der Waals surface area contributed by atoms with Crippen LogP contribution in [0.5, 0.6) is 0 Å². The number of rotatable bonds is 2. The van der Waals surface area contributed by atoms with E-state index in [1.807, 2.05) is 0 Å². The summed E-state index contributed by atoms with van der Waals surface area (Å²) in [4.78, 5) is 21.4. The molecule has 0 aromatic heterocycles. The van der Waals surface area contributed by atoms with Crippen LogP contribution in [0.4, 0.5) is 0 Å². The zero-order valence-corrected chi connectivity index (χ0v) is 9.28. The van der Waals surface area contributed by atoms with Crippen LogP contribution in [-0.2, 0) is 0 Å². The molecule has 1 aromatic carbocycles. The standard InChI is InChI=1S/C10H10O4.C2H4/c1-5-3-8(10(13)14)6(2)4-7(5)9(11)12;1-2/h3-4H,1-2H3,(H,11,12)(H,13,14);1-2H2. The lowest BCUT2D eigenvalue weighted by Crippen LogP contribution is -2.06. The van der Waals surface area contributed by atoms with Gasteiger partial charge in [-0.25, -0.2) is 9.59 Å². The van der Waals surface area contributed by atoms with E-state index in [-0.39, 0.29) is 11.1 Å². The average Bonchev–Trinajstić information content (AvgIpc) is 2.23. The lowest BCUT2D eigenvalue weighted by molar-refractivity contribution is 0.0679. The fourth-order valence-electron chi connectivity index (χ4n) is 1.28. The molecule has 4 nitrogen and oxygen atoms in total. The zero-order valence-electron chi connectivity index (χ0n) is 9.28. The van der Waals surface area contributed by atoms with Crippen molar-refractivity contribution in [3.05, 3.63) is 47.5 Å². The maximum Gasteiger partial charge on any atom is 0.335 e. The molecule has 0 atom stereocenters. The molecule has 1 aromatic rings. The van der Waals surface area contributed by atoms with Crippen LogP contribution in [0, 0.1) is 13.8 Å². The third kappa shape index (κ3) is 2.95. The molecule has 0 bridgehead atoms. The predicted octanol–water partition coefficient (Wildman–Crippen LogP) is 2.50. The Hall–Kier alpha value is -2.10. The average molecular weight is 222 g/mol. The van der Waals surface area contributed by atoms with Crippen LogP contribution in [0.3, 0.4) is 0 Å². The van der Waals surface area contributed by atoms with Gasteiger partial charge in [-0.3, -0.25) is 0 Å². The molecular weight excluding hydrogens is 208 g/mol. The van der Waals surface area contributed by atoms with Gasteiger partial charge >= 0.3 is 11.9 Å². The van der Waals surface area contributed by atoms with Gasteiger partial charge in [0.2, 0.25) is 0 Å². The highest BCUT2D eigenvalue weighted by molar-refractivity contribution is 5.94. The lowest BCUT2D eigenvalue weighted by atomic mass is 10.0. The summed E-state index contributed by atoms with van der Waals surface area (Å²) < 4.78 is 0. The summed E-state index contributed by atoms with van der Waals surface area (Å²) in [5, 5.41) is 17.5. The van der Waals surface area contributed by atoms with Crippen LogP contribution in [0.1, 0.15) is 31.8 Å². The molecule has 0 spiro atoms. The van der Waals surface area contributed by atoms with Crippen LogP contribution < -0.4 is 0 Å². The van der Waals surface area contributed by atoms with E-state index in [0.717, 1.165) is 0 Å². The maximum absolute atomic E-state index is 10.7. The molecule has 16 heavy (non-hydrogen) atoms. The van der Waals surface area contributed by atoms with Crippen LogP contribution >= 0.6 is 0 Å². The molecule has 0 aliphatic carbocycles. The van der Waals surface area contributed by atoms with Crippen molar-refractivity contribution < 1.29 is 19.8 Å². The number of carbonyl (C=O) groups is 2. The van der Waals surface area contributed by atoms with Crippen molar-refractivity contribution in [1.29, 1.82) is 0 Å². The third-order valence-electron chi connectivity index (χ3n) is 2.03. The monoisotopic (exact) mass is 222 g/mol. The topological polar surface area (TPSA) is 74.6 Å². The molecule has 0 aliphatic rings. The van der Waals surface area contributed by atoms with E-state index in [4.69, 9.17) is 10.2 Å². The van der Waals surface area contributed by atoms with Crippen LogP contribution in [0.15, 0.2) is 25.3 Å². The fourth-order valence-corrected chi connectivity index (χ4v) is 1.28. The first-order chi connectivity index (χ1) is 7.43. The lowest BCUT2D eigenvalue weighted by Gasteiger charge is -2.05. The largest absolute Gasteiger partial charge is 0.478 e. The van der Waals surface area contributed by atoms with Crippen molar-refractivity contribution in [2.24, 2.45) is 0 Å². The minimum Gasteiger partial charge on any atom is -0.478 e. The summed E-state index contributed by atoms with van der Waals surface area (Å²) in [7, 11) is 0. The van der Waals surface area contributed by atoms with Gasteiger partial charge in [-0.15, -0.1) is 13.2 Å². The minimum absolute atomic E-state index is 0.146.